The van der Waals surface area contributed by atoms with E-state index in [1.54, 1.807) is 0 Å². The minimum absolute atomic E-state index is 0.254. The Labute approximate surface area is 141 Å². The number of hydrogen-bond acceptors (Lipinski definition) is 5. The van der Waals surface area contributed by atoms with E-state index in [-0.39, 0.29) is 6.10 Å². The van der Waals surface area contributed by atoms with Crippen LogP contribution in [0.25, 0.3) is 0 Å². The summed E-state index contributed by atoms with van der Waals surface area (Å²) in [6.45, 7) is 6.76. The Balaban J connectivity index is 1.71. The minimum Gasteiger partial charge on any atom is -0.494 e. The van der Waals surface area contributed by atoms with Crippen LogP contribution in [-0.4, -0.2) is 27.5 Å². The molecule has 2 heterocycles. The Morgan fingerprint density at radius 2 is 2.17 bits per heavy atom. The summed E-state index contributed by atoms with van der Waals surface area (Å²) in [5.74, 6) is 5.62. The highest BCUT2D eigenvalue weighted by Crippen LogP contribution is 2.36. The van der Waals surface area contributed by atoms with Crippen LogP contribution in [0.4, 0.5) is 0 Å². The molecule has 0 saturated heterocycles. The third-order valence-corrected chi connectivity index (χ3v) is 5.03. The van der Waals surface area contributed by atoms with E-state index in [1.807, 2.05) is 37.2 Å². The van der Waals surface area contributed by atoms with Gasteiger partial charge in [-0.15, -0.1) is 22.0 Å². The first-order chi connectivity index (χ1) is 11.1. The van der Waals surface area contributed by atoms with Crippen molar-refractivity contribution < 1.29 is 9.47 Å². The lowest BCUT2D eigenvalue weighted by Crippen LogP contribution is -2.05. The maximum atomic E-state index is 5.88. The van der Waals surface area contributed by atoms with Gasteiger partial charge in [-0.25, -0.2) is 0 Å². The normalized spacial score (nSPS) is 16.3. The molecular weight excluding hydrogens is 310 g/mol. The van der Waals surface area contributed by atoms with Crippen molar-refractivity contribution in [2.75, 3.05) is 6.61 Å². The monoisotopic (exact) mass is 333 g/mol. The molecule has 3 rings (SSSR count). The molecule has 0 bridgehead atoms. The fourth-order valence-electron chi connectivity index (χ4n) is 2.71. The van der Waals surface area contributed by atoms with Crippen molar-refractivity contribution in [2.24, 2.45) is 7.05 Å². The van der Waals surface area contributed by atoms with E-state index >= 15 is 0 Å². The summed E-state index contributed by atoms with van der Waals surface area (Å²) in [4.78, 5) is 0. The second-order valence-corrected chi connectivity index (χ2v) is 6.83. The molecule has 23 heavy (non-hydrogen) atoms. The number of fused-ring (bicyclic) bond motifs is 1. The number of aromatic nitrogens is 3. The zero-order chi connectivity index (χ0) is 16.4. The van der Waals surface area contributed by atoms with Crippen molar-refractivity contribution in [3.8, 4) is 11.5 Å². The van der Waals surface area contributed by atoms with Crippen LogP contribution in [0.5, 0.6) is 11.5 Å². The standard InChI is InChI=1S/C17H23N3O2S/c1-5-21-15-7-13-6-11(2)22-16(13)8-14(15)9-23-10-17-19-18-12(3)20(17)4/h7-8,11H,5-6,9-10H2,1-4H3/t11-/m0/s1. The zero-order valence-electron chi connectivity index (χ0n) is 14.1. The molecule has 1 aliphatic rings. The number of rotatable bonds is 6. The lowest BCUT2D eigenvalue weighted by molar-refractivity contribution is 0.254. The fourth-order valence-corrected chi connectivity index (χ4v) is 3.69. The van der Waals surface area contributed by atoms with E-state index in [2.05, 4.69) is 29.3 Å². The van der Waals surface area contributed by atoms with Crippen LogP contribution in [0.2, 0.25) is 0 Å². The van der Waals surface area contributed by atoms with Crippen LogP contribution in [0, 0.1) is 6.92 Å². The van der Waals surface area contributed by atoms with Crippen molar-refractivity contribution in [2.45, 2.75) is 44.8 Å². The third kappa shape index (κ3) is 3.47. The van der Waals surface area contributed by atoms with Gasteiger partial charge in [0.1, 0.15) is 29.3 Å². The summed E-state index contributed by atoms with van der Waals surface area (Å²) < 4.78 is 13.7. The van der Waals surface area contributed by atoms with Crippen molar-refractivity contribution in [1.82, 2.24) is 14.8 Å². The average molecular weight is 333 g/mol. The number of benzene rings is 1. The van der Waals surface area contributed by atoms with E-state index < -0.39 is 0 Å². The molecule has 0 aliphatic carbocycles. The van der Waals surface area contributed by atoms with E-state index in [4.69, 9.17) is 9.47 Å². The van der Waals surface area contributed by atoms with Crippen LogP contribution in [0.15, 0.2) is 12.1 Å². The molecule has 5 nitrogen and oxygen atoms in total. The summed E-state index contributed by atoms with van der Waals surface area (Å²) in [7, 11) is 2.00. The molecular formula is C17H23N3O2S. The molecule has 0 spiro atoms. The van der Waals surface area contributed by atoms with E-state index in [0.29, 0.717) is 6.61 Å². The largest absolute Gasteiger partial charge is 0.494 e. The van der Waals surface area contributed by atoms with Crippen molar-refractivity contribution in [3.63, 3.8) is 0 Å². The van der Waals surface area contributed by atoms with E-state index in [1.165, 1.54) is 11.1 Å². The van der Waals surface area contributed by atoms with Gasteiger partial charge < -0.3 is 14.0 Å². The second-order valence-electron chi connectivity index (χ2n) is 5.85. The van der Waals surface area contributed by atoms with Gasteiger partial charge in [-0.1, -0.05) is 0 Å². The van der Waals surface area contributed by atoms with Gasteiger partial charge in [-0.2, -0.15) is 0 Å². The van der Waals surface area contributed by atoms with Crippen LogP contribution in [0.3, 0.4) is 0 Å². The molecule has 2 aromatic rings. The van der Waals surface area contributed by atoms with E-state index in [9.17, 15) is 0 Å². The molecule has 1 aliphatic heterocycles. The number of thioether (sulfide) groups is 1. The van der Waals surface area contributed by atoms with E-state index in [0.717, 1.165) is 41.1 Å². The van der Waals surface area contributed by atoms with Gasteiger partial charge in [-0.3, -0.25) is 0 Å². The quantitative estimate of drug-likeness (QED) is 0.812. The molecule has 0 unspecified atom stereocenters. The SMILES string of the molecule is CCOc1cc2c(cc1CSCc1nnc(C)n1C)O[C@@H](C)C2. The molecule has 1 atom stereocenters. The topological polar surface area (TPSA) is 49.2 Å². The predicted octanol–water partition coefficient (Wildman–Crippen LogP) is 3.28. The summed E-state index contributed by atoms with van der Waals surface area (Å²) in [6, 6.07) is 4.28. The molecule has 124 valence electrons. The maximum Gasteiger partial charge on any atom is 0.142 e. The summed E-state index contributed by atoms with van der Waals surface area (Å²) in [5, 5.41) is 8.31. The fraction of sp³-hybridized carbons (Fsp3) is 0.529. The Hall–Kier alpha value is -1.69. The Morgan fingerprint density at radius 3 is 2.87 bits per heavy atom. The van der Waals surface area contributed by atoms with Gasteiger partial charge in [0.25, 0.3) is 0 Å². The van der Waals surface area contributed by atoms with Gasteiger partial charge in [0.2, 0.25) is 0 Å². The third-order valence-electron chi connectivity index (χ3n) is 4.05. The van der Waals surface area contributed by atoms with Gasteiger partial charge in [0.05, 0.1) is 12.4 Å². The number of nitrogens with zero attached hydrogens (tertiary/aromatic N) is 3. The summed E-state index contributed by atoms with van der Waals surface area (Å²) >= 11 is 1.81. The first-order valence-corrected chi connectivity index (χ1v) is 9.11. The van der Waals surface area contributed by atoms with Gasteiger partial charge in [0, 0.05) is 30.3 Å². The van der Waals surface area contributed by atoms with Crippen molar-refractivity contribution in [1.29, 1.82) is 0 Å². The minimum atomic E-state index is 0.254. The molecule has 0 fully saturated rings. The highest BCUT2D eigenvalue weighted by Gasteiger charge is 2.21. The predicted molar refractivity (Wildman–Crippen MR) is 92.1 cm³/mol. The molecule has 1 aromatic heterocycles. The van der Waals surface area contributed by atoms with Crippen LogP contribution >= 0.6 is 11.8 Å². The smallest absolute Gasteiger partial charge is 0.142 e. The Bertz CT molecular complexity index is 699. The summed E-state index contributed by atoms with van der Waals surface area (Å²) in [6.07, 6.45) is 1.21. The zero-order valence-corrected chi connectivity index (χ0v) is 14.9. The van der Waals surface area contributed by atoms with Gasteiger partial charge in [0.15, 0.2) is 0 Å². The number of hydrogen-bond donors (Lipinski definition) is 0. The van der Waals surface area contributed by atoms with Gasteiger partial charge in [-0.05, 0) is 32.9 Å². The molecule has 1 aromatic carbocycles. The number of aryl methyl sites for hydroxylation is 1. The van der Waals surface area contributed by atoms with Crippen LogP contribution < -0.4 is 9.47 Å². The second kappa shape index (κ2) is 6.83. The molecule has 0 saturated carbocycles. The molecule has 6 heteroatoms. The number of ether oxygens (including phenoxy) is 2. The Kier molecular flexibility index (Phi) is 4.80. The van der Waals surface area contributed by atoms with Crippen LogP contribution in [-0.2, 0) is 25.0 Å². The lowest BCUT2D eigenvalue weighted by atomic mass is 10.1. The lowest BCUT2D eigenvalue weighted by Gasteiger charge is -2.12. The van der Waals surface area contributed by atoms with Gasteiger partial charge >= 0.3 is 0 Å². The van der Waals surface area contributed by atoms with Crippen molar-refractivity contribution in [3.05, 3.63) is 34.9 Å². The molecule has 0 N–H and O–H groups in total. The average Bonchev–Trinajstić information content (AvgIpc) is 3.03. The highest BCUT2D eigenvalue weighted by molar-refractivity contribution is 7.97. The van der Waals surface area contributed by atoms with Crippen LogP contribution in [0.1, 0.15) is 36.6 Å². The Morgan fingerprint density at radius 1 is 1.35 bits per heavy atom. The highest BCUT2D eigenvalue weighted by atomic mass is 32.2. The van der Waals surface area contributed by atoms with Crippen molar-refractivity contribution >= 4 is 11.8 Å². The molecule has 0 radical (unpaired) electrons. The summed E-state index contributed by atoms with van der Waals surface area (Å²) in [5.41, 5.74) is 2.43. The first-order valence-electron chi connectivity index (χ1n) is 7.96. The first kappa shape index (κ1) is 16.2. The maximum absolute atomic E-state index is 5.88. The molecule has 0 amide bonds.